The van der Waals surface area contributed by atoms with Gasteiger partial charge in [0, 0.05) is 36.7 Å². The molecule has 5 rings (SSSR count). The lowest BCUT2D eigenvalue weighted by Crippen LogP contribution is -2.49. The maximum Gasteiger partial charge on any atom is 0.150 e. The van der Waals surface area contributed by atoms with Crippen molar-refractivity contribution in [1.82, 2.24) is 4.90 Å². The molecule has 0 amide bonds. The van der Waals surface area contributed by atoms with Crippen LogP contribution in [0.2, 0.25) is 0 Å². The monoisotopic (exact) mass is 470 g/mol. The number of fused-ring (bicyclic) bond motifs is 1. The van der Waals surface area contributed by atoms with E-state index in [0.29, 0.717) is 17.9 Å². The molecule has 0 aliphatic carbocycles. The van der Waals surface area contributed by atoms with Gasteiger partial charge in [0.1, 0.15) is 30.0 Å². The van der Waals surface area contributed by atoms with Crippen LogP contribution in [-0.4, -0.2) is 42.9 Å². The molecule has 1 N–H and O–H groups in total. The predicted molar refractivity (Wildman–Crippen MR) is 133 cm³/mol. The van der Waals surface area contributed by atoms with Crippen LogP contribution in [0.1, 0.15) is 35.3 Å². The average Bonchev–Trinajstić information content (AvgIpc) is 2.86. The Hall–Kier alpha value is -3.82. The normalized spacial score (nSPS) is 17.8. The molecule has 0 saturated carbocycles. The van der Waals surface area contributed by atoms with Gasteiger partial charge in [-0.1, -0.05) is 24.3 Å². The van der Waals surface area contributed by atoms with Gasteiger partial charge in [-0.25, -0.2) is 0 Å². The molecular formula is C29H27FN2O3. The molecule has 2 aliphatic rings. The van der Waals surface area contributed by atoms with E-state index >= 15 is 0 Å². The number of rotatable bonds is 7. The lowest BCUT2D eigenvalue weighted by atomic mass is 9.86. The van der Waals surface area contributed by atoms with Crippen molar-refractivity contribution in [3.63, 3.8) is 0 Å². The maximum absolute atomic E-state index is 12.6. The van der Waals surface area contributed by atoms with Gasteiger partial charge >= 0.3 is 0 Å². The number of hydrogen-bond acceptors (Lipinski definition) is 5. The Morgan fingerprint density at radius 3 is 2.51 bits per heavy atom. The summed E-state index contributed by atoms with van der Waals surface area (Å²) in [5.41, 5.74) is 5.38. The summed E-state index contributed by atoms with van der Waals surface area (Å²) in [7, 11) is 0. The molecule has 35 heavy (non-hydrogen) atoms. The van der Waals surface area contributed by atoms with Crippen molar-refractivity contribution < 1.29 is 19.0 Å². The zero-order valence-electron chi connectivity index (χ0n) is 19.6. The highest BCUT2D eigenvalue weighted by molar-refractivity contribution is 5.95. The van der Waals surface area contributed by atoms with Gasteiger partial charge < -0.3 is 14.6 Å². The van der Waals surface area contributed by atoms with E-state index in [9.17, 15) is 14.8 Å². The summed E-state index contributed by atoms with van der Waals surface area (Å²) in [5, 5.41) is 19.2. The van der Waals surface area contributed by atoms with Crippen molar-refractivity contribution in [2.75, 3.05) is 32.9 Å². The molecule has 2 heterocycles. The number of ether oxygens (including phenoxy) is 2. The molecule has 0 radical (unpaired) electrons. The van der Waals surface area contributed by atoms with Gasteiger partial charge in [-0.2, -0.15) is 5.26 Å². The lowest BCUT2D eigenvalue weighted by molar-refractivity contribution is 0.0668. The molecule has 5 nitrogen and oxygen atoms in total. The third-order valence-electron chi connectivity index (χ3n) is 6.71. The number of phenolic OH excluding ortho intramolecular Hbond substituents is 1. The fraction of sp³-hybridized carbons (Fsp3) is 0.276. The van der Waals surface area contributed by atoms with Gasteiger partial charge in [0.25, 0.3) is 0 Å². The van der Waals surface area contributed by atoms with Crippen molar-refractivity contribution in [3.05, 3.63) is 89.0 Å². The zero-order chi connectivity index (χ0) is 24.4. The first-order valence-corrected chi connectivity index (χ1v) is 11.8. The maximum atomic E-state index is 12.6. The summed E-state index contributed by atoms with van der Waals surface area (Å²) in [6, 6.07) is 22.7. The van der Waals surface area contributed by atoms with Crippen molar-refractivity contribution in [2.45, 2.75) is 13.0 Å². The number of benzene rings is 3. The van der Waals surface area contributed by atoms with Crippen molar-refractivity contribution in [2.24, 2.45) is 5.92 Å². The molecule has 2 aliphatic heterocycles. The molecule has 6 heteroatoms. The smallest absolute Gasteiger partial charge is 0.150 e. The Balaban J connectivity index is 1.38. The number of halogens is 1. The minimum absolute atomic E-state index is 0.181. The van der Waals surface area contributed by atoms with Gasteiger partial charge in [0.05, 0.1) is 18.3 Å². The minimum Gasteiger partial charge on any atom is -0.508 e. The molecule has 0 spiro atoms. The Morgan fingerprint density at radius 1 is 1.09 bits per heavy atom. The number of nitriles is 1. The van der Waals surface area contributed by atoms with E-state index in [-0.39, 0.29) is 24.4 Å². The van der Waals surface area contributed by atoms with Crippen LogP contribution in [0.4, 0.5) is 4.39 Å². The third kappa shape index (κ3) is 4.73. The first kappa shape index (κ1) is 22.9. The molecule has 1 fully saturated rings. The van der Waals surface area contributed by atoms with Gasteiger partial charge in [0.15, 0.2) is 0 Å². The number of phenols is 1. The number of hydrogen-bond donors (Lipinski definition) is 1. The third-order valence-corrected chi connectivity index (χ3v) is 6.71. The fourth-order valence-corrected chi connectivity index (χ4v) is 4.76. The predicted octanol–water partition coefficient (Wildman–Crippen LogP) is 5.61. The summed E-state index contributed by atoms with van der Waals surface area (Å²) < 4.78 is 24.9. The standard InChI is InChI=1S/C29H27FN2O3/c1-19-26-14-24(33)8-11-27(26)35-29(28(19)22-4-2-20(16-31)3-5-22)23-6-9-25(10-7-23)34-13-12-32-17-21(15-30)18-32/h2-11,14,21,29,33H,12-13,15,17-18H2,1H3. The van der Waals surface area contributed by atoms with E-state index in [1.54, 1.807) is 30.3 Å². The number of alkyl halides is 1. The van der Waals surface area contributed by atoms with Crippen LogP contribution in [0, 0.1) is 17.2 Å². The average molecular weight is 471 g/mol. The highest BCUT2D eigenvalue weighted by atomic mass is 19.1. The highest BCUT2D eigenvalue weighted by Gasteiger charge is 2.30. The van der Waals surface area contributed by atoms with Gasteiger partial charge in [-0.15, -0.1) is 0 Å². The molecule has 1 saturated heterocycles. The van der Waals surface area contributed by atoms with Crippen molar-refractivity contribution in [1.29, 1.82) is 5.26 Å². The second-order valence-corrected chi connectivity index (χ2v) is 9.10. The first-order valence-electron chi connectivity index (χ1n) is 11.8. The number of likely N-dealkylation sites (tertiary alicyclic amines) is 1. The van der Waals surface area contributed by atoms with Crippen LogP contribution < -0.4 is 9.47 Å². The Labute approximate surface area is 204 Å². The molecular weight excluding hydrogens is 443 g/mol. The minimum atomic E-state index is -0.354. The molecule has 1 atom stereocenters. The number of aromatic hydroxyl groups is 1. The van der Waals surface area contributed by atoms with Gasteiger partial charge in [-0.05, 0) is 66.1 Å². The molecule has 3 aromatic rings. The second-order valence-electron chi connectivity index (χ2n) is 9.10. The lowest BCUT2D eigenvalue weighted by Gasteiger charge is -2.37. The quantitative estimate of drug-likeness (QED) is 0.486. The van der Waals surface area contributed by atoms with Crippen LogP contribution in [0.3, 0.4) is 0 Å². The van der Waals surface area contributed by atoms with Crippen molar-refractivity contribution in [3.8, 4) is 23.3 Å². The van der Waals surface area contributed by atoms with Crippen LogP contribution in [-0.2, 0) is 0 Å². The van der Waals surface area contributed by atoms with E-state index in [2.05, 4.69) is 11.0 Å². The van der Waals surface area contributed by atoms with Crippen LogP contribution in [0.15, 0.2) is 66.7 Å². The molecule has 1 unspecified atom stereocenters. The van der Waals surface area contributed by atoms with Crippen molar-refractivity contribution >= 4 is 11.1 Å². The topological polar surface area (TPSA) is 65.7 Å². The Kier molecular flexibility index (Phi) is 6.43. The summed E-state index contributed by atoms with van der Waals surface area (Å²) in [6.07, 6.45) is -0.354. The molecule has 3 aromatic carbocycles. The van der Waals surface area contributed by atoms with Crippen LogP contribution >= 0.6 is 0 Å². The van der Waals surface area contributed by atoms with E-state index in [0.717, 1.165) is 53.2 Å². The van der Waals surface area contributed by atoms with Gasteiger partial charge in [-0.3, -0.25) is 9.29 Å². The van der Waals surface area contributed by atoms with Gasteiger partial charge in [0.2, 0.25) is 0 Å². The van der Waals surface area contributed by atoms with E-state index in [1.807, 2.05) is 43.3 Å². The van der Waals surface area contributed by atoms with E-state index in [1.165, 1.54) is 0 Å². The van der Waals surface area contributed by atoms with E-state index < -0.39 is 0 Å². The Bertz CT molecular complexity index is 1270. The summed E-state index contributed by atoms with van der Waals surface area (Å²) >= 11 is 0. The summed E-state index contributed by atoms with van der Waals surface area (Å²) in [6.45, 7) is 4.75. The number of nitrogens with zero attached hydrogens (tertiary/aromatic N) is 2. The molecule has 0 aromatic heterocycles. The van der Waals surface area contributed by atoms with E-state index in [4.69, 9.17) is 9.47 Å². The Morgan fingerprint density at radius 2 is 1.83 bits per heavy atom. The van der Waals surface area contributed by atoms with Crippen LogP contribution in [0.25, 0.3) is 11.1 Å². The highest BCUT2D eigenvalue weighted by Crippen LogP contribution is 2.47. The number of allylic oxidation sites excluding steroid dienone is 1. The molecule has 0 bridgehead atoms. The summed E-state index contributed by atoms with van der Waals surface area (Å²) in [4.78, 5) is 2.20. The largest absolute Gasteiger partial charge is 0.508 e. The van der Waals surface area contributed by atoms with Crippen LogP contribution in [0.5, 0.6) is 17.2 Å². The summed E-state index contributed by atoms with van der Waals surface area (Å²) in [5.74, 6) is 1.85. The first-order chi connectivity index (χ1) is 17.1. The zero-order valence-corrected chi connectivity index (χ0v) is 19.6. The second kappa shape index (κ2) is 9.81. The SMILES string of the molecule is CC1=C(c2ccc(C#N)cc2)C(c2ccc(OCCN3CC(CF)C3)cc2)Oc2ccc(O)cc21. The fourth-order valence-electron chi connectivity index (χ4n) is 4.76. The molecule has 178 valence electrons.